The fraction of sp³-hybridized carbons (Fsp3) is 0.227. The van der Waals surface area contributed by atoms with Gasteiger partial charge in [0.2, 0.25) is 5.91 Å². The van der Waals surface area contributed by atoms with Crippen LogP contribution in [0.25, 0.3) is 6.08 Å². The van der Waals surface area contributed by atoms with Gasteiger partial charge in [-0.25, -0.2) is 0 Å². The molecule has 7 nitrogen and oxygen atoms in total. The van der Waals surface area contributed by atoms with Gasteiger partial charge in [0.25, 0.3) is 11.1 Å². The molecule has 0 atom stereocenters. The SMILES string of the molecule is CCOc1ccc(/C=C2/SC(=O)N(CC(=O)Nc3cccc(C)c3)C2=O)cc1OC. The van der Waals surface area contributed by atoms with E-state index in [9.17, 15) is 14.4 Å². The van der Waals surface area contributed by atoms with Crippen molar-refractivity contribution in [3.05, 3.63) is 58.5 Å². The van der Waals surface area contributed by atoms with E-state index < -0.39 is 17.1 Å². The van der Waals surface area contributed by atoms with Crippen molar-refractivity contribution < 1.29 is 23.9 Å². The number of imide groups is 1. The first-order valence-corrected chi connectivity index (χ1v) is 10.2. The first-order chi connectivity index (χ1) is 14.4. The van der Waals surface area contributed by atoms with E-state index in [1.165, 1.54) is 7.11 Å². The summed E-state index contributed by atoms with van der Waals surface area (Å²) in [7, 11) is 1.53. The molecule has 0 aromatic heterocycles. The molecule has 1 heterocycles. The molecule has 1 saturated heterocycles. The molecule has 0 spiro atoms. The Balaban J connectivity index is 1.71. The van der Waals surface area contributed by atoms with E-state index in [4.69, 9.17) is 9.47 Å². The number of ether oxygens (including phenoxy) is 2. The summed E-state index contributed by atoms with van der Waals surface area (Å²) >= 11 is 0.802. The molecule has 2 aromatic carbocycles. The number of methoxy groups -OCH3 is 1. The minimum Gasteiger partial charge on any atom is -0.493 e. The number of benzene rings is 2. The number of thioether (sulfide) groups is 1. The van der Waals surface area contributed by atoms with E-state index in [1.54, 1.807) is 30.3 Å². The Morgan fingerprint density at radius 2 is 1.97 bits per heavy atom. The Bertz CT molecular complexity index is 1020. The van der Waals surface area contributed by atoms with Gasteiger partial charge >= 0.3 is 0 Å². The summed E-state index contributed by atoms with van der Waals surface area (Å²) < 4.78 is 10.8. The fourth-order valence-corrected chi connectivity index (χ4v) is 3.74. The third kappa shape index (κ3) is 5.01. The van der Waals surface area contributed by atoms with Crippen molar-refractivity contribution in [3.8, 4) is 11.5 Å². The van der Waals surface area contributed by atoms with Gasteiger partial charge in [0.05, 0.1) is 18.6 Å². The van der Waals surface area contributed by atoms with Crippen molar-refractivity contribution in [2.75, 3.05) is 25.6 Å². The second-order valence-electron chi connectivity index (χ2n) is 6.53. The van der Waals surface area contributed by atoms with Gasteiger partial charge in [-0.3, -0.25) is 19.3 Å². The molecule has 3 amide bonds. The lowest BCUT2D eigenvalue weighted by Gasteiger charge is -2.12. The summed E-state index contributed by atoms with van der Waals surface area (Å²) in [6.45, 7) is 3.94. The van der Waals surface area contributed by atoms with Crippen LogP contribution in [0.15, 0.2) is 47.4 Å². The van der Waals surface area contributed by atoms with Crippen LogP contribution in [-0.2, 0) is 9.59 Å². The Labute approximate surface area is 179 Å². The number of anilines is 1. The number of nitrogens with zero attached hydrogens (tertiary/aromatic N) is 1. The Kier molecular flexibility index (Phi) is 6.79. The van der Waals surface area contributed by atoms with Crippen LogP contribution in [0.1, 0.15) is 18.1 Å². The highest BCUT2D eigenvalue weighted by Crippen LogP contribution is 2.34. The zero-order valence-corrected chi connectivity index (χ0v) is 17.7. The second kappa shape index (κ2) is 9.49. The Morgan fingerprint density at radius 3 is 2.67 bits per heavy atom. The van der Waals surface area contributed by atoms with Crippen molar-refractivity contribution in [1.29, 1.82) is 0 Å². The average molecular weight is 426 g/mol. The van der Waals surface area contributed by atoms with Crippen LogP contribution in [0.3, 0.4) is 0 Å². The van der Waals surface area contributed by atoms with Crippen molar-refractivity contribution in [3.63, 3.8) is 0 Å². The van der Waals surface area contributed by atoms with E-state index in [0.717, 1.165) is 22.2 Å². The average Bonchev–Trinajstić information content (AvgIpc) is 2.96. The van der Waals surface area contributed by atoms with E-state index in [2.05, 4.69) is 5.32 Å². The van der Waals surface area contributed by atoms with E-state index >= 15 is 0 Å². The lowest BCUT2D eigenvalue weighted by atomic mass is 10.2. The van der Waals surface area contributed by atoms with Crippen LogP contribution in [0, 0.1) is 6.92 Å². The summed E-state index contributed by atoms with van der Waals surface area (Å²) in [6, 6.07) is 12.5. The molecule has 156 valence electrons. The monoisotopic (exact) mass is 426 g/mol. The van der Waals surface area contributed by atoms with Crippen LogP contribution >= 0.6 is 11.8 Å². The minimum atomic E-state index is -0.503. The molecule has 3 rings (SSSR count). The van der Waals surface area contributed by atoms with Crippen LogP contribution in [0.2, 0.25) is 0 Å². The molecule has 30 heavy (non-hydrogen) atoms. The number of hydrogen-bond acceptors (Lipinski definition) is 6. The van der Waals surface area contributed by atoms with E-state index in [-0.39, 0.29) is 11.4 Å². The van der Waals surface area contributed by atoms with Gasteiger partial charge in [-0.15, -0.1) is 0 Å². The lowest BCUT2D eigenvalue weighted by Crippen LogP contribution is -2.36. The maximum Gasteiger partial charge on any atom is 0.294 e. The highest BCUT2D eigenvalue weighted by Gasteiger charge is 2.36. The second-order valence-corrected chi connectivity index (χ2v) is 7.52. The molecule has 2 aromatic rings. The third-order valence-electron chi connectivity index (χ3n) is 4.26. The highest BCUT2D eigenvalue weighted by atomic mass is 32.2. The first kappa shape index (κ1) is 21.4. The molecule has 0 unspecified atom stereocenters. The van der Waals surface area contributed by atoms with Crippen LogP contribution in [-0.4, -0.2) is 42.2 Å². The van der Waals surface area contributed by atoms with Crippen molar-refractivity contribution in [2.24, 2.45) is 0 Å². The normalized spacial score (nSPS) is 14.9. The maximum atomic E-state index is 12.7. The van der Waals surface area contributed by atoms with Gasteiger partial charge in [-0.2, -0.15) is 0 Å². The summed E-state index contributed by atoms with van der Waals surface area (Å²) in [4.78, 5) is 38.4. The molecular formula is C22H22N2O5S. The van der Waals surface area contributed by atoms with Crippen LogP contribution < -0.4 is 14.8 Å². The Morgan fingerprint density at radius 1 is 1.17 bits per heavy atom. The highest BCUT2D eigenvalue weighted by molar-refractivity contribution is 8.18. The number of carbonyl (C=O) groups is 3. The smallest absolute Gasteiger partial charge is 0.294 e. The van der Waals surface area contributed by atoms with Gasteiger partial charge in [0, 0.05) is 5.69 Å². The molecule has 1 aliphatic rings. The molecule has 0 aliphatic carbocycles. The third-order valence-corrected chi connectivity index (χ3v) is 5.17. The number of amides is 3. The van der Waals surface area contributed by atoms with Gasteiger partial charge in [-0.1, -0.05) is 18.2 Å². The van der Waals surface area contributed by atoms with Crippen molar-refractivity contribution in [2.45, 2.75) is 13.8 Å². The summed E-state index contributed by atoms with van der Waals surface area (Å²) in [5.41, 5.74) is 2.29. The maximum absolute atomic E-state index is 12.7. The number of aryl methyl sites for hydroxylation is 1. The van der Waals surface area contributed by atoms with Crippen molar-refractivity contribution >= 4 is 40.6 Å². The summed E-state index contributed by atoms with van der Waals surface area (Å²) in [5.74, 6) is 0.185. The van der Waals surface area contributed by atoms with Crippen molar-refractivity contribution in [1.82, 2.24) is 4.90 Å². The molecule has 0 saturated carbocycles. The van der Waals surface area contributed by atoms with E-state index in [1.807, 2.05) is 32.0 Å². The first-order valence-electron chi connectivity index (χ1n) is 9.34. The molecular weight excluding hydrogens is 404 g/mol. The lowest BCUT2D eigenvalue weighted by molar-refractivity contribution is -0.127. The molecule has 1 N–H and O–H groups in total. The number of rotatable bonds is 7. The summed E-state index contributed by atoms with van der Waals surface area (Å²) in [5, 5.41) is 2.22. The number of hydrogen-bond donors (Lipinski definition) is 1. The van der Waals surface area contributed by atoms with Gasteiger partial charge in [0.1, 0.15) is 6.54 Å². The molecule has 1 aliphatic heterocycles. The van der Waals surface area contributed by atoms with E-state index in [0.29, 0.717) is 29.4 Å². The van der Waals surface area contributed by atoms with Gasteiger partial charge in [0.15, 0.2) is 11.5 Å². The largest absolute Gasteiger partial charge is 0.493 e. The molecule has 1 fully saturated rings. The zero-order valence-electron chi connectivity index (χ0n) is 16.9. The number of carbonyl (C=O) groups excluding carboxylic acids is 3. The minimum absolute atomic E-state index is 0.245. The zero-order chi connectivity index (χ0) is 21.7. The quantitative estimate of drug-likeness (QED) is 0.672. The molecule has 0 radical (unpaired) electrons. The fourth-order valence-electron chi connectivity index (χ4n) is 2.90. The van der Waals surface area contributed by atoms with Crippen LogP contribution in [0.5, 0.6) is 11.5 Å². The predicted octanol–water partition coefficient (Wildman–Crippen LogP) is 4.08. The Hall–Kier alpha value is -3.26. The number of nitrogens with one attached hydrogen (secondary N) is 1. The van der Waals surface area contributed by atoms with Gasteiger partial charge in [-0.05, 0) is 67.1 Å². The van der Waals surface area contributed by atoms with Gasteiger partial charge < -0.3 is 14.8 Å². The molecule has 0 bridgehead atoms. The predicted molar refractivity (Wildman–Crippen MR) is 117 cm³/mol. The molecule has 8 heteroatoms. The topological polar surface area (TPSA) is 84.9 Å². The summed E-state index contributed by atoms with van der Waals surface area (Å²) in [6.07, 6.45) is 1.60. The standard InChI is InChI=1S/C22H22N2O5S/c1-4-29-17-9-8-15(11-18(17)28-3)12-19-21(26)24(22(27)30-19)13-20(25)23-16-7-5-6-14(2)10-16/h5-12H,4,13H2,1-3H3,(H,23,25)/b19-12+. The van der Waals surface area contributed by atoms with Crippen LogP contribution in [0.4, 0.5) is 10.5 Å².